The Balaban J connectivity index is 1.49. The minimum atomic E-state index is -3.71. The van der Waals surface area contributed by atoms with Crippen LogP contribution in [0.5, 0.6) is 5.75 Å². The van der Waals surface area contributed by atoms with Gasteiger partial charge in [0.25, 0.3) is 5.91 Å². The monoisotopic (exact) mass is 450 g/mol. The molecule has 0 unspecified atom stereocenters. The van der Waals surface area contributed by atoms with Crippen LogP contribution in [0.2, 0.25) is 0 Å². The van der Waals surface area contributed by atoms with Crippen LogP contribution in [-0.4, -0.2) is 38.8 Å². The van der Waals surface area contributed by atoms with Gasteiger partial charge in [0.05, 0.1) is 7.11 Å². The lowest BCUT2D eigenvalue weighted by molar-refractivity contribution is 0.102. The Morgan fingerprint density at radius 2 is 1.72 bits per heavy atom. The SMILES string of the molecule is COc1ccc(NC(=O)c2ccc3c4c(cccc24)CC3)cc1S(=O)(=O)N1CCCCC1. The number of carbonyl (C=O) groups is 1. The van der Waals surface area contributed by atoms with E-state index in [1.807, 2.05) is 24.3 Å². The Hall–Kier alpha value is -2.90. The normalized spacial score (nSPS) is 16.3. The van der Waals surface area contributed by atoms with E-state index in [0.29, 0.717) is 24.3 Å². The quantitative estimate of drug-likeness (QED) is 0.626. The highest BCUT2D eigenvalue weighted by Crippen LogP contribution is 2.34. The summed E-state index contributed by atoms with van der Waals surface area (Å²) in [6.45, 7) is 1.01. The maximum absolute atomic E-state index is 13.3. The number of piperidine rings is 1. The first-order chi connectivity index (χ1) is 15.5. The lowest BCUT2D eigenvalue weighted by atomic mass is 9.99. The van der Waals surface area contributed by atoms with Gasteiger partial charge in [-0.05, 0) is 71.8 Å². The molecule has 2 aliphatic rings. The van der Waals surface area contributed by atoms with Crippen molar-refractivity contribution in [1.82, 2.24) is 4.31 Å². The molecule has 0 spiro atoms. The number of sulfonamides is 1. The largest absolute Gasteiger partial charge is 0.495 e. The van der Waals surface area contributed by atoms with Gasteiger partial charge >= 0.3 is 0 Å². The van der Waals surface area contributed by atoms with Gasteiger partial charge in [0.2, 0.25) is 10.0 Å². The second-order valence-corrected chi connectivity index (χ2v) is 10.3. The van der Waals surface area contributed by atoms with E-state index < -0.39 is 10.0 Å². The number of carbonyl (C=O) groups excluding carboxylic acids is 1. The topological polar surface area (TPSA) is 75.7 Å². The number of nitrogens with one attached hydrogen (secondary N) is 1. The predicted molar refractivity (Wildman–Crippen MR) is 125 cm³/mol. The van der Waals surface area contributed by atoms with Crippen LogP contribution < -0.4 is 10.1 Å². The first kappa shape index (κ1) is 21.0. The summed E-state index contributed by atoms with van der Waals surface area (Å²) in [5.74, 6) is 0.0194. The number of rotatable bonds is 5. The van der Waals surface area contributed by atoms with E-state index in [1.54, 1.807) is 12.1 Å². The first-order valence-corrected chi connectivity index (χ1v) is 12.5. The third kappa shape index (κ3) is 3.55. The molecule has 1 aliphatic heterocycles. The van der Waals surface area contributed by atoms with Crippen LogP contribution in [0.1, 0.15) is 40.7 Å². The van der Waals surface area contributed by atoms with Crippen molar-refractivity contribution in [2.45, 2.75) is 37.0 Å². The van der Waals surface area contributed by atoms with Gasteiger partial charge in [0.1, 0.15) is 10.6 Å². The van der Waals surface area contributed by atoms with Gasteiger partial charge in [-0.25, -0.2) is 8.42 Å². The molecule has 1 heterocycles. The van der Waals surface area contributed by atoms with Crippen molar-refractivity contribution in [2.75, 3.05) is 25.5 Å². The third-order valence-corrected chi connectivity index (χ3v) is 8.40. The summed E-state index contributed by atoms with van der Waals surface area (Å²) >= 11 is 0. The second-order valence-electron chi connectivity index (χ2n) is 8.40. The molecule has 1 N–H and O–H groups in total. The Labute approximate surface area is 188 Å². The summed E-state index contributed by atoms with van der Waals surface area (Å²) in [5, 5.41) is 5.00. The smallest absolute Gasteiger partial charge is 0.256 e. The number of amides is 1. The van der Waals surface area contributed by atoms with Crippen LogP contribution in [0.3, 0.4) is 0 Å². The van der Waals surface area contributed by atoms with Crippen molar-refractivity contribution >= 4 is 32.4 Å². The fourth-order valence-corrected chi connectivity index (χ4v) is 6.54. The second kappa shape index (κ2) is 8.22. The van der Waals surface area contributed by atoms with Crippen LogP contribution in [0.4, 0.5) is 5.69 Å². The molecule has 0 radical (unpaired) electrons. The minimum absolute atomic E-state index is 0.0834. The van der Waals surface area contributed by atoms with Gasteiger partial charge in [0, 0.05) is 24.3 Å². The average Bonchev–Trinajstić information content (AvgIpc) is 3.24. The molecule has 1 saturated heterocycles. The fraction of sp³-hybridized carbons (Fsp3) is 0.320. The lowest BCUT2D eigenvalue weighted by Crippen LogP contribution is -2.35. The third-order valence-electron chi connectivity index (χ3n) is 6.48. The summed E-state index contributed by atoms with van der Waals surface area (Å²) in [6.07, 6.45) is 4.72. The summed E-state index contributed by atoms with van der Waals surface area (Å²) in [5.41, 5.74) is 3.55. The number of methoxy groups -OCH3 is 1. The highest BCUT2D eigenvalue weighted by Gasteiger charge is 2.29. The number of hydrogen-bond donors (Lipinski definition) is 1. The van der Waals surface area contributed by atoms with Gasteiger partial charge in [-0.2, -0.15) is 4.31 Å². The highest BCUT2D eigenvalue weighted by molar-refractivity contribution is 7.89. The molecule has 6 nitrogen and oxygen atoms in total. The Bertz CT molecular complexity index is 1300. The zero-order valence-corrected chi connectivity index (χ0v) is 18.9. The van der Waals surface area contributed by atoms with Crippen LogP contribution in [0.25, 0.3) is 10.8 Å². The molecule has 5 rings (SSSR count). The Morgan fingerprint density at radius 1 is 0.969 bits per heavy atom. The van der Waals surface area contributed by atoms with Crippen molar-refractivity contribution in [3.8, 4) is 5.75 Å². The van der Waals surface area contributed by atoms with Crippen LogP contribution in [0, 0.1) is 0 Å². The van der Waals surface area contributed by atoms with E-state index in [2.05, 4.69) is 11.4 Å². The van der Waals surface area contributed by atoms with Crippen LogP contribution in [-0.2, 0) is 22.9 Å². The van der Waals surface area contributed by atoms with E-state index >= 15 is 0 Å². The van der Waals surface area contributed by atoms with Gasteiger partial charge < -0.3 is 10.1 Å². The van der Waals surface area contributed by atoms with E-state index in [-0.39, 0.29) is 16.6 Å². The molecule has 3 aromatic carbocycles. The van der Waals surface area contributed by atoms with E-state index in [9.17, 15) is 13.2 Å². The van der Waals surface area contributed by atoms with E-state index in [1.165, 1.54) is 34.0 Å². The van der Waals surface area contributed by atoms with Gasteiger partial charge in [0.15, 0.2) is 0 Å². The molecule has 7 heteroatoms. The molecular weight excluding hydrogens is 424 g/mol. The molecule has 166 valence electrons. The molecule has 3 aromatic rings. The van der Waals surface area contributed by atoms with Gasteiger partial charge in [-0.3, -0.25) is 4.79 Å². The van der Waals surface area contributed by atoms with Crippen molar-refractivity contribution in [3.63, 3.8) is 0 Å². The van der Waals surface area contributed by atoms with Gasteiger partial charge in [-0.1, -0.05) is 30.7 Å². The lowest BCUT2D eigenvalue weighted by Gasteiger charge is -2.26. The van der Waals surface area contributed by atoms with Crippen molar-refractivity contribution in [3.05, 3.63) is 65.2 Å². The van der Waals surface area contributed by atoms with E-state index in [0.717, 1.165) is 37.5 Å². The standard InChI is InChI=1S/C25H26N2O4S/c1-31-22-13-11-19(16-23(22)32(29,30)27-14-3-2-4-15-27)26-25(28)21-12-10-18-9-8-17-6-5-7-20(21)24(17)18/h5-7,10-13,16H,2-4,8-9,14-15H2,1H3,(H,26,28). The number of aryl methyl sites for hydroxylation is 2. The molecule has 0 atom stereocenters. The van der Waals surface area contributed by atoms with Crippen LogP contribution in [0.15, 0.2) is 53.4 Å². The highest BCUT2D eigenvalue weighted by atomic mass is 32.2. The number of hydrogen-bond acceptors (Lipinski definition) is 4. The Kier molecular flexibility index (Phi) is 5.39. The summed E-state index contributed by atoms with van der Waals surface area (Å²) < 4.78 is 33.4. The van der Waals surface area contributed by atoms with E-state index in [4.69, 9.17) is 4.74 Å². The van der Waals surface area contributed by atoms with Crippen molar-refractivity contribution in [2.24, 2.45) is 0 Å². The molecule has 1 amide bonds. The maximum atomic E-state index is 13.3. The Morgan fingerprint density at radius 3 is 2.47 bits per heavy atom. The molecule has 0 saturated carbocycles. The number of nitrogens with zero attached hydrogens (tertiary/aromatic N) is 1. The molecule has 32 heavy (non-hydrogen) atoms. The molecule has 0 aromatic heterocycles. The zero-order chi connectivity index (χ0) is 22.3. The number of benzene rings is 3. The first-order valence-electron chi connectivity index (χ1n) is 11.0. The molecule has 1 aliphatic carbocycles. The fourth-order valence-electron chi connectivity index (χ4n) is 4.84. The molecule has 0 bridgehead atoms. The average molecular weight is 451 g/mol. The van der Waals surface area contributed by atoms with Crippen LogP contribution >= 0.6 is 0 Å². The molecule has 1 fully saturated rings. The number of anilines is 1. The summed E-state index contributed by atoms with van der Waals surface area (Å²) in [7, 11) is -2.25. The summed E-state index contributed by atoms with van der Waals surface area (Å²) in [4.78, 5) is 13.3. The minimum Gasteiger partial charge on any atom is -0.495 e. The zero-order valence-electron chi connectivity index (χ0n) is 18.1. The van der Waals surface area contributed by atoms with Gasteiger partial charge in [-0.15, -0.1) is 0 Å². The number of ether oxygens (including phenoxy) is 1. The van der Waals surface area contributed by atoms with Crippen molar-refractivity contribution < 1.29 is 17.9 Å². The predicted octanol–water partition coefficient (Wildman–Crippen LogP) is 4.37. The summed E-state index contributed by atoms with van der Waals surface area (Å²) in [6, 6.07) is 14.7. The maximum Gasteiger partial charge on any atom is 0.256 e. The van der Waals surface area contributed by atoms with Crippen molar-refractivity contribution in [1.29, 1.82) is 0 Å². The molecular formula is C25H26N2O4S.